The Bertz CT molecular complexity index is 4960. The summed E-state index contributed by atoms with van der Waals surface area (Å²) < 4.78 is 56.8. The van der Waals surface area contributed by atoms with Crippen molar-refractivity contribution < 1.29 is 70.8 Å². The van der Waals surface area contributed by atoms with Crippen molar-refractivity contribution in [3.05, 3.63) is 246 Å². The standard InChI is InChI=1S/C17H20BNO4.C17H13N3O2.C16H11N3O3.C12H24B2O4.C11H8BrNO2.C6H5BrN2/c1-16(2)17(3,4)23-18(22-16)12-9-11-7-6-8-19-14(11)13(10-12)15(20)21-5;1-11(14-8-18-10-19-9-14)13-6-12-4-3-5-20-16(12)15(7-13)17(21)22-2;1-22-16(21)13-6-11(5-10-3-2-4-19-14(10)13)15(20)12-7-17-9-18-8-12;1-9(2)10(3,4)16-13(15-9)14-17-11(5,6)12(7,8)18-14;1-15-11(14)9-6-8(12)5-7-3-2-4-13-10(7)9;1-5(7)6-2-8-4-9-3-6/h6-10H,1-5H3;3-10H,1H2,2H3;2-9H,1H3;1-8H3;2-6H,1H3;2-4H,1H2. The maximum Gasteiger partial charge on any atom is 0.494 e. The van der Waals surface area contributed by atoms with Crippen molar-refractivity contribution in [2.45, 2.75) is 117 Å². The van der Waals surface area contributed by atoms with Gasteiger partial charge in [-0.2, -0.15) is 0 Å². The van der Waals surface area contributed by atoms with Gasteiger partial charge in [0, 0.05) is 109 Å². The number of hydrogen-bond acceptors (Lipinski definition) is 25. The summed E-state index contributed by atoms with van der Waals surface area (Å²) in [5.74, 6) is -2.03. The summed E-state index contributed by atoms with van der Waals surface area (Å²) in [5, 5.41) is 3.29. The predicted octanol–water partition coefficient (Wildman–Crippen LogP) is 14.1. The van der Waals surface area contributed by atoms with Crippen LogP contribution in [0.2, 0.25) is 0 Å². The van der Waals surface area contributed by atoms with Gasteiger partial charge in [0.25, 0.3) is 0 Å². The molecule has 3 aliphatic rings. The van der Waals surface area contributed by atoms with E-state index in [1.807, 2.05) is 138 Å². The molecule has 0 unspecified atom stereocenters. The molecule has 4 aromatic carbocycles. The zero-order valence-corrected chi connectivity index (χ0v) is 66.4. The lowest BCUT2D eigenvalue weighted by molar-refractivity contribution is 0.00578. The van der Waals surface area contributed by atoms with Crippen molar-refractivity contribution in [1.29, 1.82) is 0 Å². The summed E-state index contributed by atoms with van der Waals surface area (Å²) in [6.07, 6.45) is 20.5. The number of ketones is 1. The molecule has 3 aliphatic heterocycles. The molecule has 0 spiro atoms. The first-order valence-electron chi connectivity index (χ1n) is 34.0. The first-order chi connectivity index (χ1) is 51.6. The third-order valence-corrected chi connectivity index (χ3v) is 19.9. The van der Waals surface area contributed by atoms with Gasteiger partial charge >= 0.3 is 45.0 Å². The largest absolute Gasteiger partial charge is 0.494 e. The third-order valence-electron chi connectivity index (χ3n) is 18.9. The van der Waals surface area contributed by atoms with Crippen LogP contribution in [-0.4, -0.2) is 163 Å². The van der Waals surface area contributed by atoms with Gasteiger partial charge in [0.15, 0.2) is 5.78 Å². The van der Waals surface area contributed by atoms with Gasteiger partial charge in [0.05, 0.1) is 112 Å². The smallest absolute Gasteiger partial charge is 0.465 e. The van der Waals surface area contributed by atoms with Crippen LogP contribution in [0.1, 0.15) is 157 Å². The van der Waals surface area contributed by atoms with Crippen molar-refractivity contribution in [1.82, 2.24) is 49.8 Å². The summed E-state index contributed by atoms with van der Waals surface area (Å²) in [6, 6.07) is 28.8. The molecule has 0 radical (unpaired) electrons. The van der Waals surface area contributed by atoms with Crippen LogP contribution in [0.15, 0.2) is 196 Å². The van der Waals surface area contributed by atoms with Gasteiger partial charge in [-0.1, -0.05) is 75.3 Å². The number of halogens is 2. The van der Waals surface area contributed by atoms with Crippen LogP contribution >= 0.6 is 31.9 Å². The summed E-state index contributed by atoms with van der Waals surface area (Å²) in [7, 11) is 3.87. The highest BCUT2D eigenvalue weighted by Crippen LogP contribution is 2.43. The Balaban J connectivity index is 0.000000153. The Morgan fingerprint density at radius 3 is 1.04 bits per heavy atom. The summed E-state index contributed by atoms with van der Waals surface area (Å²) in [6.45, 7) is 31.9. The normalized spacial score (nSPS) is 15.7. The number of fused-ring (bicyclic) bond motifs is 4. The van der Waals surface area contributed by atoms with E-state index < -0.39 is 50.2 Å². The van der Waals surface area contributed by atoms with Crippen molar-refractivity contribution >= 4 is 142 Å². The van der Waals surface area contributed by atoms with Gasteiger partial charge in [-0.25, -0.2) is 49.1 Å². The van der Waals surface area contributed by atoms with Crippen molar-refractivity contribution in [3.63, 3.8) is 0 Å². The molecular formula is C79H81B3Br2N10O15. The molecule has 0 aliphatic carbocycles. The van der Waals surface area contributed by atoms with E-state index in [9.17, 15) is 24.0 Å². The lowest BCUT2D eigenvalue weighted by Gasteiger charge is -2.32. The number of nitrogens with zero attached hydrogens (tertiary/aromatic N) is 10. The van der Waals surface area contributed by atoms with Gasteiger partial charge in [-0.3, -0.25) is 24.7 Å². The summed E-state index contributed by atoms with van der Waals surface area (Å²) in [5.41, 5.74) is 6.34. The van der Waals surface area contributed by atoms with Crippen LogP contribution in [0.4, 0.5) is 0 Å². The van der Waals surface area contributed by atoms with E-state index in [4.69, 9.17) is 46.9 Å². The second kappa shape index (κ2) is 34.9. The maximum atomic E-state index is 12.5. The number of methoxy groups -OCH3 is 4. The van der Waals surface area contributed by atoms with Gasteiger partial charge in [0.1, 0.15) is 19.0 Å². The van der Waals surface area contributed by atoms with E-state index in [0.717, 1.165) is 52.8 Å². The van der Waals surface area contributed by atoms with Crippen LogP contribution in [0.3, 0.4) is 0 Å². The Labute approximate surface area is 649 Å². The number of rotatable bonds is 11. The summed E-state index contributed by atoms with van der Waals surface area (Å²) >= 11 is 6.55. The number of hydrogen-bond donors (Lipinski definition) is 0. The van der Waals surface area contributed by atoms with E-state index >= 15 is 0 Å². The minimum atomic E-state index is -0.539. The molecule has 7 aromatic heterocycles. The molecular weight excluding hydrogens is 1520 g/mol. The van der Waals surface area contributed by atoms with Gasteiger partial charge < -0.3 is 46.9 Å². The molecule has 0 N–H and O–H groups in total. The highest BCUT2D eigenvalue weighted by molar-refractivity contribution is 9.15. The average Bonchev–Trinajstić information content (AvgIpc) is 1.65. The predicted molar refractivity (Wildman–Crippen MR) is 424 cm³/mol. The van der Waals surface area contributed by atoms with Gasteiger partial charge in [-0.05, 0) is 166 Å². The molecule has 14 rings (SSSR count). The first kappa shape index (κ1) is 82.8. The minimum Gasteiger partial charge on any atom is -0.465 e. The molecule has 25 nitrogen and oxygen atoms in total. The molecule has 0 amide bonds. The highest BCUT2D eigenvalue weighted by Gasteiger charge is 2.64. The number of esters is 4. The van der Waals surface area contributed by atoms with Crippen LogP contribution in [0.5, 0.6) is 0 Å². The topological polar surface area (TPSA) is 307 Å². The number of ether oxygens (including phenoxy) is 4. The number of carbonyl (C=O) groups is 5. The fraction of sp³-hybridized carbons (Fsp3) is 0.278. The van der Waals surface area contributed by atoms with Crippen LogP contribution < -0.4 is 5.46 Å². The molecule has 10 heterocycles. The molecule has 0 atom stereocenters. The molecule has 0 bridgehead atoms. The van der Waals surface area contributed by atoms with Crippen LogP contribution in [0, 0.1) is 0 Å². The minimum absolute atomic E-state index is 0.251. The van der Waals surface area contributed by atoms with E-state index in [-0.39, 0.29) is 39.7 Å². The van der Waals surface area contributed by atoms with Crippen LogP contribution in [-0.2, 0) is 46.9 Å². The van der Waals surface area contributed by atoms with Gasteiger partial charge in [-0.15, -0.1) is 0 Å². The number of aromatic nitrogens is 10. The molecule has 11 aromatic rings. The van der Waals surface area contributed by atoms with Crippen molar-refractivity contribution in [2.24, 2.45) is 0 Å². The number of benzene rings is 4. The lowest BCUT2D eigenvalue weighted by atomic mass is 9.49. The van der Waals surface area contributed by atoms with Crippen LogP contribution in [0.25, 0.3) is 53.7 Å². The SMILES string of the molecule is C=C(Br)c1cncnc1.C=C(c1cncnc1)c1cc(C(=O)OC)c2ncccc2c1.CC1(C)OB(B2OC(C)(C)C(C)(C)O2)OC1(C)C.COC(=O)c1cc(B2OC(C)(C)C(C)(C)O2)cc2cccnc12.COC(=O)c1cc(Br)cc2cccnc12.COC(=O)c1cc(C(=O)c2cncnc2)cc2cccnc12. The van der Waals surface area contributed by atoms with Gasteiger partial charge in [0.2, 0.25) is 0 Å². The fourth-order valence-electron chi connectivity index (χ4n) is 10.9. The van der Waals surface area contributed by atoms with Crippen molar-refractivity contribution in [3.8, 4) is 0 Å². The quantitative estimate of drug-likeness (QED) is 0.0503. The highest BCUT2D eigenvalue weighted by atomic mass is 79.9. The molecule has 3 saturated heterocycles. The average molecular weight is 1600 g/mol. The zero-order chi connectivity index (χ0) is 79.4. The zero-order valence-electron chi connectivity index (χ0n) is 63.2. The van der Waals surface area contributed by atoms with E-state index in [1.54, 1.807) is 86.0 Å². The molecule has 30 heteroatoms. The van der Waals surface area contributed by atoms with E-state index in [1.165, 1.54) is 65.9 Å². The molecule has 0 saturated carbocycles. The monoisotopic (exact) mass is 1600 g/mol. The fourth-order valence-corrected chi connectivity index (χ4v) is 11.6. The molecule has 109 heavy (non-hydrogen) atoms. The number of pyridine rings is 4. The second-order valence-corrected chi connectivity index (χ2v) is 29.6. The Morgan fingerprint density at radius 2 is 0.679 bits per heavy atom. The first-order valence-corrected chi connectivity index (χ1v) is 35.6. The maximum absolute atomic E-state index is 12.5. The Kier molecular flexibility index (Phi) is 26.5. The van der Waals surface area contributed by atoms with Crippen molar-refractivity contribution in [2.75, 3.05) is 28.4 Å². The Hall–Kier alpha value is -10.3. The summed E-state index contributed by atoms with van der Waals surface area (Å²) in [4.78, 5) is 100. The second-order valence-electron chi connectivity index (χ2n) is 27.8. The lowest BCUT2D eigenvalue weighted by Crippen LogP contribution is -2.41. The molecule has 560 valence electrons. The third kappa shape index (κ3) is 19.4. The Morgan fingerprint density at radius 1 is 0.376 bits per heavy atom. The van der Waals surface area contributed by atoms with E-state index in [0.29, 0.717) is 55.3 Å². The molecule has 3 fully saturated rings. The van der Waals surface area contributed by atoms with E-state index in [2.05, 4.69) is 94.9 Å². The number of carbonyl (C=O) groups excluding carboxylic acids is 5.